The molecule has 2 aliphatic carbocycles. The summed E-state index contributed by atoms with van der Waals surface area (Å²) in [6, 6.07) is 7.99. The third kappa shape index (κ3) is 2.77. The maximum absolute atomic E-state index is 2.72. The summed E-state index contributed by atoms with van der Waals surface area (Å²) in [5.41, 5.74) is 5.70. The second kappa shape index (κ2) is 6.36. The molecule has 0 amide bonds. The fourth-order valence-corrected chi connectivity index (χ4v) is 6.86. The van der Waals surface area contributed by atoms with Crippen molar-refractivity contribution in [2.45, 2.75) is 96.4 Å². The fraction of sp³-hybridized carbons (Fsp3) is 0.760. The minimum atomic E-state index is 0.234. The van der Waals surface area contributed by atoms with Crippen molar-refractivity contribution >= 4 is 0 Å². The normalized spacial score (nSPS) is 30.5. The van der Waals surface area contributed by atoms with Gasteiger partial charge in [0, 0.05) is 17.9 Å². The molecular weight excluding hydrogens is 314 g/mol. The number of hydrogen-bond donors (Lipinski definition) is 0. The first-order valence-corrected chi connectivity index (χ1v) is 11.1. The molecule has 0 aromatic heterocycles. The Bertz CT molecular complexity index is 659. The predicted octanol–water partition coefficient (Wildman–Crippen LogP) is 6.48. The molecule has 1 saturated carbocycles. The number of likely N-dealkylation sites (tertiary alicyclic amines) is 1. The molecule has 3 atom stereocenters. The van der Waals surface area contributed by atoms with E-state index in [1.807, 2.05) is 0 Å². The van der Waals surface area contributed by atoms with Gasteiger partial charge < -0.3 is 4.90 Å². The van der Waals surface area contributed by atoms with E-state index in [2.05, 4.69) is 64.8 Å². The molecule has 1 aromatic carbocycles. The molecule has 0 N–H and O–H groups in total. The van der Waals surface area contributed by atoms with Crippen molar-refractivity contribution in [1.29, 1.82) is 0 Å². The minimum Gasteiger partial charge on any atom is -0.302 e. The van der Waals surface area contributed by atoms with Gasteiger partial charge in [-0.25, -0.2) is 0 Å². The quantitative estimate of drug-likeness (QED) is 0.588. The maximum Gasteiger partial charge on any atom is 0.0235 e. The molecule has 2 fully saturated rings. The molecular formula is C25H39N. The molecule has 0 radical (unpaired) electrons. The van der Waals surface area contributed by atoms with Crippen LogP contribution in [0.5, 0.6) is 0 Å². The summed E-state index contributed by atoms with van der Waals surface area (Å²) < 4.78 is 0. The second-order valence-electron chi connectivity index (χ2n) is 11.1. The Morgan fingerprint density at radius 2 is 1.62 bits per heavy atom. The lowest BCUT2D eigenvalue weighted by Crippen LogP contribution is -2.47. The van der Waals surface area contributed by atoms with Crippen LogP contribution in [0.3, 0.4) is 0 Å². The molecule has 1 aromatic rings. The van der Waals surface area contributed by atoms with E-state index in [1.165, 1.54) is 45.1 Å². The van der Waals surface area contributed by atoms with E-state index >= 15 is 0 Å². The van der Waals surface area contributed by atoms with Crippen LogP contribution in [-0.4, -0.2) is 24.5 Å². The Hall–Kier alpha value is -0.820. The average Bonchev–Trinajstić information content (AvgIpc) is 3.21. The SMILES string of the molecule is CN1CCCC2c3c(cccc3C(C)(C)C)C(C(C)(C)C3CCCC3)C21. The van der Waals surface area contributed by atoms with Crippen LogP contribution >= 0.6 is 0 Å². The third-order valence-electron chi connectivity index (χ3n) is 8.15. The number of hydrogen-bond acceptors (Lipinski definition) is 1. The zero-order valence-electron chi connectivity index (χ0n) is 17.9. The lowest BCUT2D eigenvalue weighted by Gasteiger charge is -2.47. The van der Waals surface area contributed by atoms with Gasteiger partial charge in [0.05, 0.1) is 0 Å². The summed E-state index contributed by atoms with van der Waals surface area (Å²) in [6.07, 6.45) is 8.51. The van der Waals surface area contributed by atoms with Gasteiger partial charge in [0.1, 0.15) is 0 Å². The Morgan fingerprint density at radius 3 is 2.27 bits per heavy atom. The summed E-state index contributed by atoms with van der Waals surface area (Å²) in [6.45, 7) is 13.7. The molecule has 1 saturated heterocycles. The fourth-order valence-electron chi connectivity index (χ4n) is 6.86. The Labute approximate surface area is 161 Å². The van der Waals surface area contributed by atoms with E-state index in [9.17, 15) is 0 Å². The molecule has 1 heteroatoms. The van der Waals surface area contributed by atoms with E-state index in [0.717, 1.165) is 11.8 Å². The molecule has 1 aliphatic heterocycles. The maximum atomic E-state index is 2.72. The number of piperidine rings is 1. The van der Waals surface area contributed by atoms with Crippen molar-refractivity contribution in [3.63, 3.8) is 0 Å². The molecule has 1 nitrogen and oxygen atoms in total. The van der Waals surface area contributed by atoms with Gasteiger partial charge in [-0.3, -0.25) is 0 Å². The highest BCUT2D eigenvalue weighted by Crippen LogP contribution is 2.60. The number of fused-ring (bicyclic) bond motifs is 3. The van der Waals surface area contributed by atoms with Crippen LogP contribution in [0.25, 0.3) is 0 Å². The number of nitrogens with zero attached hydrogens (tertiary/aromatic N) is 1. The van der Waals surface area contributed by atoms with E-state index in [1.54, 1.807) is 16.7 Å². The summed E-state index contributed by atoms with van der Waals surface area (Å²) in [4.78, 5) is 2.72. The van der Waals surface area contributed by atoms with Crippen LogP contribution in [0.1, 0.15) is 102 Å². The van der Waals surface area contributed by atoms with Gasteiger partial charge in [-0.15, -0.1) is 0 Å². The van der Waals surface area contributed by atoms with Crippen molar-refractivity contribution in [3.05, 3.63) is 34.9 Å². The van der Waals surface area contributed by atoms with Crippen LogP contribution in [0, 0.1) is 11.3 Å². The molecule has 3 aliphatic rings. The zero-order valence-corrected chi connectivity index (χ0v) is 17.9. The minimum absolute atomic E-state index is 0.234. The topological polar surface area (TPSA) is 3.24 Å². The molecule has 0 bridgehead atoms. The first-order chi connectivity index (χ1) is 12.2. The molecule has 26 heavy (non-hydrogen) atoms. The van der Waals surface area contributed by atoms with Crippen LogP contribution in [-0.2, 0) is 5.41 Å². The van der Waals surface area contributed by atoms with Gasteiger partial charge >= 0.3 is 0 Å². The molecule has 144 valence electrons. The smallest absolute Gasteiger partial charge is 0.0235 e. The van der Waals surface area contributed by atoms with Crippen LogP contribution < -0.4 is 0 Å². The number of benzene rings is 1. The van der Waals surface area contributed by atoms with Gasteiger partial charge in [-0.2, -0.15) is 0 Å². The summed E-state index contributed by atoms with van der Waals surface area (Å²) in [5, 5.41) is 0. The van der Waals surface area contributed by atoms with E-state index in [-0.39, 0.29) is 5.41 Å². The lowest BCUT2D eigenvalue weighted by atomic mass is 9.64. The third-order valence-corrected chi connectivity index (χ3v) is 8.15. The van der Waals surface area contributed by atoms with Crippen LogP contribution in [0.15, 0.2) is 18.2 Å². The first-order valence-electron chi connectivity index (χ1n) is 11.1. The average molecular weight is 354 g/mol. The van der Waals surface area contributed by atoms with Crippen LogP contribution in [0.4, 0.5) is 0 Å². The highest BCUT2D eigenvalue weighted by molar-refractivity contribution is 5.50. The van der Waals surface area contributed by atoms with E-state index in [0.29, 0.717) is 17.4 Å². The van der Waals surface area contributed by atoms with Crippen molar-refractivity contribution in [2.24, 2.45) is 11.3 Å². The summed E-state index contributed by atoms with van der Waals surface area (Å²) in [7, 11) is 2.40. The molecule has 4 rings (SSSR count). The first kappa shape index (κ1) is 18.5. The van der Waals surface area contributed by atoms with Crippen LogP contribution in [0.2, 0.25) is 0 Å². The lowest BCUT2D eigenvalue weighted by molar-refractivity contribution is 0.0663. The Kier molecular flexibility index (Phi) is 4.54. The van der Waals surface area contributed by atoms with Gasteiger partial charge in [-0.05, 0) is 72.7 Å². The Morgan fingerprint density at radius 1 is 0.923 bits per heavy atom. The van der Waals surface area contributed by atoms with Gasteiger partial charge in [0.25, 0.3) is 0 Å². The second-order valence-corrected chi connectivity index (χ2v) is 11.1. The van der Waals surface area contributed by atoms with Crippen molar-refractivity contribution in [2.75, 3.05) is 13.6 Å². The monoisotopic (exact) mass is 353 g/mol. The number of likely N-dealkylation sites (N-methyl/N-ethyl adjacent to an activating group) is 1. The van der Waals surface area contributed by atoms with E-state index < -0.39 is 0 Å². The molecule has 0 spiro atoms. The van der Waals surface area contributed by atoms with Crippen molar-refractivity contribution in [3.8, 4) is 0 Å². The van der Waals surface area contributed by atoms with Crippen molar-refractivity contribution in [1.82, 2.24) is 4.90 Å². The summed E-state index contributed by atoms with van der Waals surface area (Å²) >= 11 is 0. The summed E-state index contributed by atoms with van der Waals surface area (Å²) in [5.74, 6) is 2.33. The van der Waals surface area contributed by atoms with Gasteiger partial charge in [0.15, 0.2) is 0 Å². The number of rotatable bonds is 2. The highest BCUT2D eigenvalue weighted by atomic mass is 15.2. The standard InChI is InChI=1S/C25H39N/c1-24(2,3)20-15-9-13-18-21(20)19-14-10-16-26(6)23(19)22(18)25(4,5)17-11-7-8-12-17/h9,13,15,17,19,22-23H,7-8,10-12,14,16H2,1-6H3. The largest absolute Gasteiger partial charge is 0.302 e. The zero-order chi connectivity index (χ0) is 18.7. The van der Waals surface area contributed by atoms with Gasteiger partial charge in [-0.1, -0.05) is 65.7 Å². The highest BCUT2D eigenvalue weighted by Gasteiger charge is 2.53. The predicted molar refractivity (Wildman–Crippen MR) is 112 cm³/mol. The van der Waals surface area contributed by atoms with Gasteiger partial charge in [0.2, 0.25) is 0 Å². The van der Waals surface area contributed by atoms with Crippen molar-refractivity contribution < 1.29 is 0 Å². The Balaban J connectivity index is 1.87. The molecule has 3 unspecified atom stereocenters. The van der Waals surface area contributed by atoms with E-state index in [4.69, 9.17) is 0 Å². The molecule has 1 heterocycles.